The molecule has 118 valence electrons. The Morgan fingerprint density at radius 2 is 2.05 bits per heavy atom. The van der Waals surface area contributed by atoms with Crippen LogP contribution in [0, 0.1) is 6.92 Å². The van der Waals surface area contributed by atoms with Gasteiger partial charge in [-0.1, -0.05) is 6.92 Å². The molecule has 1 N–H and O–H groups in total. The first-order valence-electron chi connectivity index (χ1n) is 6.14. The Labute approximate surface area is 127 Å². The minimum atomic E-state index is -3.92. The zero-order valence-electron chi connectivity index (χ0n) is 12.0. The number of ether oxygens (including phenoxy) is 1. The number of aromatic carboxylic acids is 1. The van der Waals surface area contributed by atoms with Gasteiger partial charge >= 0.3 is 11.9 Å². The van der Waals surface area contributed by atoms with E-state index in [9.17, 15) is 18.0 Å². The van der Waals surface area contributed by atoms with E-state index in [1.54, 1.807) is 6.92 Å². The third-order valence-electron chi connectivity index (χ3n) is 2.69. The number of carboxylic acids is 1. The van der Waals surface area contributed by atoms with Crippen LogP contribution in [0.2, 0.25) is 0 Å². The van der Waals surface area contributed by atoms with Gasteiger partial charge in [0.1, 0.15) is 15.6 Å². The van der Waals surface area contributed by atoms with Gasteiger partial charge in [-0.2, -0.15) is 4.31 Å². The number of methoxy groups -OCH3 is 1. The summed E-state index contributed by atoms with van der Waals surface area (Å²) in [6, 6.07) is 1.31. The molecule has 0 aliphatic heterocycles. The maximum atomic E-state index is 12.5. The van der Waals surface area contributed by atoms with E-state index in [4.69, 9.17) is 5.11 Å². The number of thiophene rings is 1. The van der Waals surface area contributed by atoms with E-state index < -0.39 is 28.5 Å². The smallest absolute Gasteiger partial charge is 0.346 e. The van der Waals surface area contributed by atoms with Crippen LogP contribution in [0.1, 0.15) is 28.6 Å². The fourth-order valence-electron chi connectivity index (χ4n) is 1.66. The number of nitrogens with zero attached hydrogens (tertiary/aromatic N) is 1. The number of esters is 1. The topological polar surface area (TPSA) is 101 Å². The lowest BCUT2D eigenvalue weighted by Gasteiger charge is -2.19. The molecule has 0 saturated carbocycles. The van der Waals surface area contributed by atoms with E-state index in [-0.39, 0.29) is 15.6 Å². The number of sulfonamides is 1. The fourth-order valence-corrected chi connectivity index (χ4v) is 4.67. The number of hydrogen-bond acceptors (Lipinski definition) is 6. The molecule has 1 aromatic heterocycles. The van der Waals surface area contributed by atoms with Gasteiger partial charge in [0.15, 0.2) is 0 Å². The minimum absolute atomic E-state index is 0.0249. The summed E-state index contributed by atoms with van der Waals surface area (Å²) < 4.78 is 30.4. The summed E-state index contributed by atoms with van der Waals surface area (Å²) in [4.78, 5) is 22.3. The monoisotopic (exact) mass is 335 g/mol. The van der Waals surface area contributed by atoms with Gasteiger partial charge in [0, 0.05) is 6.54 Å². The molecule has 0 spiro atoms. The van der Waals surface area contributed by atoms with Crippen LogP contribution in [0.15, 0.2) is 10.3 Å². The lowest BCUT2D eigenvalue weighted by molar-refractivity contribution is -0.140. The van der Waals surface area contributed by atoms with Crippen molar-refractivity contribution in [1.29, 1.82) is 0 Å². The number of aryl methyl sites for hydroxylation is 1. The van der Waals surface area contributed by atoms with Crippen LogP contribution in [0.4, 0.5) is 0 Å². The van der Waals surface area contributed by atoms with Gasteiger partial charge in [-0.25, -0.2) is 13.2 Å². The lowest BCUT2D eigenvalue weighted by atomic mass is 10.3. The molecule has 0 aliphatic carbocycles. The summed E-state index contributed by atoms with van der Waals surface area (Å²) in [5, 5.41) is 9.00. The molecule has 0 unspecified atom stereocenters. The number of hydrogen-bond donors (Lipinski definition) is 1. The molecule has 1 heterocycles. The molecule has 0 saturated heterocycles. The normalized spacial score (nSPS) is 11.6. The Morgan fingerprint density at radius 3 is 2.48 bits per heavy atom. The van der Waals surface area contributed by atoms with Crippen molar-refractivity contribution < 1.29 is 27.9 Å². The van der Waals surface area contributed by atoms with E-state index in [0.29, 0.717) is 23.3 Å². The summed E-state index contributed by atoms with van der Waals surface area (Å²) in [5.41, 5.74) is 0.376. The Kier molecular flexibility index (Phi) is 5.87. The van der Waals surface area contributed by atoms with Crippen molar-refractivity contribution >= 4 is 33.3 Å². The van der Waals surface area contributed by atoms with Crippen LogP contribution in [-0.4, -0.2) is 50.0 Å². The Hall–Kier alpha value is -1.45. The molecule has 1 aromatic rings. The van der Waals surface area contributed by atoms with Crippen molar-refractivity contribution in [3.8, 4) is 0 Å². The van der Waals surface area contributed by atoms with Gasteiger partial charge in [-0.3, -0.25) is 4.79 Å². The fraction of sp³-hybridized carbons (Fsp3) is 0.500. The Balaban J connectivity index is 3.19. The van der Waals surface area contributed by atoms with Crippen LogP contribution in [-0.2, 0) is 19.6 Å². The third-order valence-corrected chi connectivity index (χ3v) is 6.21. The standard InChI is InChI=1S/C12H17NO6S2/c1-4-5-13(7-9(14)19-3)21(17,18)10-6-8(2)11(20-10)12(15)16/h6H,4-5,7H2,1-3H3,(H,15,16). The second-order valence-corrected chi connectivity index (χ2v) is 7.51. The van der Waals surface area contributed by atoms with Crippen LogP contribution < -0.4 is 0 Å². The highest BCUT2D eigenvalue weighted by Gasteiger charge is 2.29. The molecule has 7 nitrogen and oxygen atoms in total. The number of carbonyl (C=O) groups is 2. The van der Waals surface area contributed by atoms with Crippen molar-refractivity contribution in [2.45, 2.75) is 24.5 Å². The van der Waals surface area contributed by atoms with Crippen LogP contribution in [0.5, 0.6) is 0 Å². The largest absolute Gasteiger partial charge is 0.477 e. The molecular formula is C12H17NO6S2. The number of carboxylic acid groups (broad SMARTS) is 1. The molecule has 0 aromatic carbocycles. The predicted molar refractivity (Wildman–Crippen MR) is 77.1 cm³/mol. The SMILES string of the molecule is CCCN(CC(=O)OC)S(=O)(=O)c1cc(C)c(C(=O)O)s1. The van der Waals surface area contributed by atoms with E-state index in [1.165, 1.54) is 20.1 Å². The molecule has 1 rings (SSSR count). The molecule has 0 fully saturated rings. The first-order valence-corrected chi connectivity index (χ1v) is 8.40. The number of carbonyl (C=O) groups excluding carboxylic acids is 1. The van der Waals surface area contributed by atoms with Gasteiger partial charge in [-0.15, -0.1) is 11.3 Å². The molecule has 0 atom stereocenters. The van der Waals surface area contributed by atoms with E-state index in [2.05, 4.69) is 4.74 Å². The van der Waals surface area contributed by atoms with Crippen molar-refractivity contribution in [1.82, 2.24) is 4.31 Å². The molecular weight excluding hydrogens is 318 g/mol. The molecule has 9 heteroatoms. The highest BCUT2D eigenvalue weighted by Crippen LogP contribution is 2.28. The van der Waals surface area contributed by atoms with Gasteiger partial charge < -0.3 is 9.84 Å². The maximum absolute atomic E-state index is 12.5. The highest BCUT2D eigenvalue weighted by atomic mass is 32.2. The molecule has 21 heavy (non-hydrogen) atoms. The maximum Gasteiger partial charge on any atom is 0.346 e. The van der Waals surface area contributed by atoms with Crippen LogP contribution in [0.3, 0.4) is 0 Å². The first kappa shape index (κ1) is 17.6. The average Bonchev–Trinajstić information content (AvgIpc) is 2.81. The van der Waals surface area contributed by atoms with E-state index >= 15 is 0 Å². The van der Waals surface area contributed by atoms with E-state index in [0.717, 1.165) is 4.31 Å². The van der Waals surface area contributed by atoms with Crippen molar-refractivity contribution in [2.75, 3.05) is 20.2 Å². The average molecular weight is 335 g/mol. The second kappa shape index (κ2) is 7.01. The summed E-state index contributed by atoms with van der Waals surface area (Å²) in [5.74, 6) is -1.84. The van der Waals surface area contributed by atoms with Crippen LogP contribution in [0.25, 0.3) is 0 Å². The van der Waals surface area contributed by atoms with Gasteiger partial charge in [0.25, 0.3) is 10.0 Å². The van der Waals surface area contributed by atoms with Crippen LogP contribution >= 0.6 is 11.3 Å². The van der Waals surface area contributed by atoms with Crippen molar-refractivity contribution in [3.63, 3.8) is 0 Å². The summed E-state index contributed by atoms with van der Waals surface area (Å²) in [7, 11) is -2.74. The zero-order valence-corrected chi connectivity index (χ0v) is 13.6. The first-order chi connectivity index (χ1) is 9.73. The molecule has 0 bridgehead atoms. The minimum Gasteiger partial charge on any atom is -0.477 e. The summed E-state index contributed by atoms with van der Waals surface area (Å²) in [6.07, 6.45) is 0.520. The zero-order chi connectivity index (χ0) is 16.2. The lowest BCUT2D eigenvalue weighted by Crippen LogP contribution is -2.36. The van der Waals surface area contributed by atoms with Crippen molar-refractivity contribution in [2.24, 2.45) is 0 Å². The van der Waals surface area contributed by atoms with E-state index in [1.807, 2.05) is 0 Å². The summed E-state index contributed by atoms with van der Waals surface area (Å²) in [6.45, 7) is 3.06. The quantitative estimate of drug-likeness (QED) is 0.754. The summed E-state index contributed by atoms with van der Waals surface area (Å²) >= 11 is 0.682. The second-order valence-electron chi connectivity index (χ2n) is 4.30. The third kappa shape index (κ3) is 4.02. The Bertz CT molecular complexity index is 634. The van der Waals surface area contributed by atoms with Gasteiger partial charge in [-0.05, 0) is 25.0 Å². The predicted octanol–water partition coefficient (Wildman–Crippen LogP) is 1.33. The van der Waals surface area contributed by atoms with Gasteiger partial charge in [0.2, 0.25) is 0 Å². The highest BCUT2D eigenvalue weighted by molar-refractivity contribution is 7.91. The van der Waals surface area contributed by atoms with Gasteiger partial charge in [0.05, 0.1) is 7.11 Å². The molecule has 0 aliphatic rings. The Morgan fingerprint density at radius 1 is 1.43 bits per heavy atom. The molecule has 0 radical (unpaired) electrons. The molecule has 0 amide bonds. The van der Waals surface area contributed by atoms with Crippen molar-refractivity contribution in [3.05, 3.63) is 16.5 Å². The number of rotatable bonds is 7.